The number of ether oxygens (including phenoxy) is 1. The molecule has 1 aromatic heterocycles. The van der Waals surface area contributed by atoms with Crippen molar-refractivity contribution in [2.45, 2.75) is 6.42 Å². The van der Waals surface area contributed by atoms with Gasteiger partial charge in [-0.05, 0) is 47.0 Å². The van der Waals surface area contributed by atoms with Crippen LogP contribution >= 0.6 is 11.6 Å². The van der Waals surface area contributed by atoms with Crippen LogP contribution in [0.15, 0.2) is 88.6 Å². The number of methoxy groups -OCH3 is 1. The van der Waals surface area contributed by atoms with E-state index in [2.05, 4.69) is 10.3 Å². The molecule has 7 nitrogen and oxygen atoms in total. The van der Waals surface area contributed by atoms with Gasteiger partial charge in [-0.1, -0.05) is 48.0 Å². The minimum atomic E-state index is -0.554. The van der Waals surface area contributed by atoms with E-state index in [9.17, 15) is 14.4 Å². The summed E-state index contributed by atoms with van der Waals surface area (Å²) in [5.41, 5.74) is 2.72. The zero-order chi connectivity index (χ0) is 23.4. The smallest absolute Gasteiger partial charge is 0.332 e. The maximum Gasteiger partial charge on any atom is 0.332 e. The third-order valence-electron chi connectivity index (χ3n) is 5.01. The summed E-state index contributed by atoms with van der Waals surface area (Å²) in [6.07, 6.45) is 1.56. The quantitative estimate of drug-likeness (QED) is 0.453. The number of amides is 1. The molecule has 1 amide bonds. The molecule has 0 aliphatic rings. The first kappa shape index (κ1) is 22.1. The van der Waals surface area contributed by atoms with Crippen molar-refractivity contribution in [2.24, 2.45) is 0 Å². The molecule has 1 heterocycles. The van der Waals surface area contributed by atoms with Crippen LogP contribution in [0.4, 0.5) is 5.69 Å². The standard InChI is InChI=1S/C25H20ClN3O4/c1-33-22-9-8-18(14-21(22)26)17-5-2-4-16(12-17)13-24(31)27-19-6-3-7-20(15-19)29-11-10-23(30)28-25(29)32/h2-12,14-15H,13H2,1H3,(H,27,31)(H,28,30,32). The van der Waals surface area contributed by atoms with Crippen molar-refractivity contribution >= 4 is 23.2 Å². The molecule has 4 rings (SSSR count). The molecule has 0 saturated carbocycles. The maximum absolute atomic E-state index is 12.7. The van der Waals surface area contributed by atoms with E-state index in [1.165, 1.54) is 16.8 Å². The molecule has 0 bridgehead atoms. The lowest BCUT2D eigenvalue weighted by molar-refractivity contribution is -0.115. The second-order valence-electron chi connectivity index (χ2n) is 7.31. The van der Waals surface area contributed by atoms with Gasteiger partial charge in [0.15, 0.2) is 0 Å². The number of anilines is 1. The van der Waals surface area contributed by atoms with Gasteiger partial charge in [0.1, 0.15) is 5.75 Å². The Morgan fingerprint density at radius 2 is 1.79 bits per heavy atom. The maximum atomic E-state index is 12.7. The predicted octanol–water partition coefficient (Wildman–Crippen LogP) is 4.04. The molecule has 0 unspecified atom stereocenters. The molecular weight excluding hydrogens is 442 g/mol. The lowest BCUT2D eigenvalue weighted by Gasteiger charge is -2.10. The lowest BCUT2D eigenvalue weighted by atomic mass is 10.0. The second kappa shape index (κ2) is 9.58. The van der Waals surface area contributed by atoms with Crippen LogP contribution in [0, 0.1) is 0 Å². The molecule has 0 spiro atoms. The van der Waals surface area contributed by atoms with Gasteiger partial charge >= 0.3 is 5.69 Å². The summed E-state index contributed by atoms with van der Waals surface area (Å²) in [6.45, 7) is 0. The van der Waals surface area contributed by atoms with E-state index in [-0.39, 0.29) is 12.3 Å². The van der Waals surface area contributed by atoms with Crippen LogP contribution in [0.1, 0.15) is 5.56 Å². The summed E-state index contributed by atoms with van der Waals surface area (Å²) in [7, 11) is 1.56. The molecule has 0 atom stereocenters. The van der Waals surface area contributed by atoms with E-state index in [1.807, 2.05) is 36.4 Å². The third kappa shape index (κ3) is 5.22. The monoisotopic (exact) mass is 461 g/mol. The third-order valence-corrected chi connectivity index (χ3v) is 5.30. The van der Waals surface area contributed by atoms with E-state index in [4.69, 9.17) is 16.3 Å². The van der Waals surface area contributed by atoms with Gasteiger partial charge in [0.2, 0.25) is 5.91 Å². The number of carbonyl (C=O) groups is 1. The molecule has 0 saturated heterocycles. The van der Waals surface area contributed by atoms with Crippen molar-refractivity contribution in [1.29, 1.82) is 0 Å². The summed E-state index contributed by atoms with van der Waals surface area (Å²) in [6, 6.07) is 21.3. The first-order valence-electron chi connectivity index (χ1n) is 10.1. The van der Waals surface area contributed by atoms with Gasteiger partial charge in [-0.3, -0.25) is 19.1 Å². The van der Waals surface area contributed by atoms with Crippen LogP contribution in [-0.4, -0.2) is 22.6 Å². The zero-order valence-electron chi connectivity index (χ0n) is 17.7. The number of aromatic amines is 1. The summed E-state index contributed by atoms with van der Waals surface area (Å²) in [4.78, 5) is 38.2. The highest BCUT2D eigenvalue weighted by Gasteiger charge is 2.09. The molecule has 0 aliphatic heterocycles. The SMILES string of the molecule is COc1ccc(-c2cccc(CC(=O)Nc3cccc(-n4ccc(=O)[nH]c4=O)c3)c2)cc1Cl. The van der Waals surface area contributed by atoms with E-state index >= 15 is 0 Å². The van der Waals surface area contributed by atoms with E-state index in [0.717, 1.165) is 16.7 Å². The Bertz CT molecular complexity index is 1440. The normalized spacial score (nSPS) is 10.6. The van der Waals surface area contributed by atoms with Crippen LogP contribution < -0.4 is 21.3 Å². The first-order valence-corrected chi connectivity index (χ1v) is 10.5. The molecule has 166 valence electrons. The first-order chi connectivity index (χ1) is 15.9. The van der Waals surface area contributed by atoms with Crippen molar-refractivity contribution in [3.8, 4) is 22.6 Å². The Morgan fingerprint density at radius 1 is 1.00 bits per heavy atom. The summed E-state index contributed by atoms with van der Waals surface area (Å²) in [5.74, 6) is 0.396. The van der Waals surface area contributed by atoms with Gasteiger partial charge in [0.05, 0.1) is 24.2 Å². The molecule has 0 fully saturated rings. The van der Waals surface area contributed by atoms with E-state index in [0.29, 0.717) is 22.1 Å². The Hall–Kier alpha value is -4.10. The number of nitrogens with one attached hydrogen (secondary N) is 2. The van der Waals surface area contributed by atoms with Crippen molar-refractivity contribution < 1.29 is 9.53 Å². The summed E-state index contributed by atoms with van der Waals surface area (Å²) in [5, 5.41) is 3.36. The number of halogens is 1. The van der Waals surface area contributed by atoms with E-state index in [1.54, 1.807) is 37.4 Å². The number of H-pyrrole nitrogens is 1. The van der Waals surface area contributed by atoms with Gasteiger partial charge in [-0.25, -0.2) is 4.79 Å². The number of hydrogen-bond acceptors (Lipinski definition) is 4. The molecular formula is C25H20ClN3O4. The molecule has 0 radical (unpaired) electrons. The van der Waals surface area contributed by atoms with Gasteiger partial charge < -0.3 is 10.1 Å². The number of benzene rings is 3. The van der Waals surface area contributed by atoms with Crippen LogP contribution in [0.5, 0.6) is 5.75 Å². The average molecular weight is 462 g/mol. The van der Waals surface area contributed by atoms with Crippen molar-refractivity contribution in [1.82, 2.24) is 9.55 Å². The summed E-state index contributed by atoms with van der Waals surface area (Å²) >= 11 is 6.24. The molecule has 8 heteroatoms. The molecule has 2 N–H and O–H groups in total. The summed E-state index contributed by atoms with van der Waals surface area (Å²) < 4.78 is 6.49. The fraction of sp³-hybridized carbons (Fsp3) is 0.0800. The number of rotatable bonds is 6. The van der Waals surface area contributed by atoms with Gasteiger partial charge in [-0.15, -0.1) is 0 Å². The Kier molecular flexibility index (Phi) is 6.42. The minimum absolute atomic E-state index is 0.167. The Labute approximate surface area is 194 Å². The molecule has 3 aromatic carbocycles. The lowest BCUT2D eigenvalue weighted by Crippen LogP contribution is -2.27. The number of hydrogen-bond donors (Lipinski definition) is 2. The highest BCUT2D eigenvalue weighted by molar-refractivity contribution is 6.32. The Morgan fingerprint density at radius 3 is 2.55 bits per heavy atom. The predicted molar refractivity (Wildman–Crippen MR) is 128 cm³/mol. The highest BCUT2D eigenvalue weighted by Crippen LogP contribution is 2.30. The fourth-order valence-electron chi connectivity index (χ4n) is 3.45. The minimum Gasteiger partial charge on any atom is -0.495 e. The largest absolute Gasteiger partial charge is 0.495 e. The number of nitrogens with zero attached hydrogens (tertiary/aromatic N) is 1. The van der Waals surface area contributed by atoms with Crippen molar-refractivity contribution in [3.05, 3.63) is 110 Å². The van der Waals surface area contributed by atoms with Crippen molar-refractivity contribution in [2.75, 3.05) is 12.4 Å². The van der Waals surface area contributed by atoms with Crippen LogP contribution in [0.2, 0.25) is 5.02 Å². The van der Waals surface area contributed by atoms with Gasteiger partial charge in [0, 0.05) is 18.0 Å². The number of carbonyl (C=O) groups excluding carboxylic acids is 1. The molecule has 33 heavy (non-hydrogen) atoms. The van der Waals surface area contributed by atoms with Crippen LogP contribution in [0.3, 0.4) is 0 Å². The average Bonchev–Trinajstić information content (AvgIpc) is 2.79. The Balaban J connectivity index is 1.50. The van der Waals surface area contributed by atoms with Gasteiger partial charge in [0.25, 0.3) is 5.56 Å². The van der Waals surface area contributed by atoms with Crippen LogP contribution in [-0.2, 0) is 11.2 Å². The fourth-order valence-corrected chi connectivity index (χ4v) is 3.71. The van der Waals surface area contributed by atoms with Crippen LogP contribution in [0.25, 0.3) is 16.8 Å². The van der Waals surface area contributed by atoms with Gasteiger partial charge in [-0.2, -0.15) is 0 Å². The molecule has 0 aliphatic carbocycles. The topological polar surface area (TPSA) is 93.2 Å². The van der Waals surface area contributed by atoms with E-state index < -0.39 is 11.2 Å². The zero-order valence-corrected chi connectivity index (χ0v) is 18.4. The van der Waals surface area contributed by atoms with Crippen molar-refractivity contribution in [3.63, 3.8) is 0 Å². The highest BCUT2D eigenvalue weighted by atomic mass is 35.5. The number of aromatic nitrogens is 2. The molecule has 4 aromatic rings. The second-order valence-corrected chi connectivity index (χ2v) is 7.71.